The van der Waals surface area contributed by atoms with Gasteiger partial charge in [-0.25, -0.2) is 9.48 Å². The first kappa shape index (κ1) is 16.3. The van der Waals surface area contributed by atoms with Crippen molar-refractivity contribution in [1.82, 2.24) is 20.1 Å². The Morgan fingerprint density at radius 3 is 2.70 bits per heavy atom. The molecule has 2 N–H and O–H groups in total. The van der Waals surface area contributed by atoms with E-state index in [9.17, 15) is 4.79 Å². The molecule has 1 heterocycles. The summed E-state index contributed by atoms with van der Waals surface area (Å²) in [6.45, 7) is 0.588. The SMILES string of the molecule is Cn1nc(CNC2CCCCCC2c2ccc(Cl)cc2)[nH]c1=O. The number of aromatic amines is 1. The Kier molecular flexibility index (Phi) is 5.18. The van der Waals surface area contributed by atoms with Crippen LogP contribution >= 0.6 is 11.6 Å². The molecule has 0 radical (unpaired) electrons. The second-order valence-electron chi connectivity index (χ2n) is 6.28. The molecule has 6 heteroatoms. The highest BCUT2D eigenvalue weighted by Crippen LogP contribution is 2.32. The number of nitrogens with one attached hydrogen (secondary N) is 2. The Morgan fingerprint density at radius 2 is 2.00 bits per heavy atom. The number of halogens is 1. The first-order valence-electron chi connectivity index (χ1n) is 8.24. The highest BCUT2D eigenvalue weighted by Gasteiger charge is 2.25. The van der Waals surface area contributed by atoms with E-state index in [0.717, 1.165) is 11.4 Å². The van der Waals surface area contributed by atoms with Crippen molar-refractivity contribution in [3.05, 3.63) is 51.2 Å². The summed E-state index contributed by atoms with van der Waals surface area (Å²) < 4.78 is 1.33. The van der Waals surface area contributed by atoms with Gasteiger partial charge < -0.3 is 5.32 Å². The van der Waals surface area contributed by atoms with Gasteiger partial charge in [0.05, 0.1) is 6.54 Å². The van der Waals surface area contributed by atoms with Gasteiger partial charge >= 0.3 is 5.69 Å². The summed E-state index contributed by atoms with van der Waals surface area (Å²) in [6.07, 6.45) is 6.09. The average molecular weight is 335 g/mol. The quantitative estimate of drug-likeness (QED) is 0.845. The van der Waals surface area contributed by atoms with Gasteiger partial charge in [0.1, 0.15) is 5.82 Å². The van der Waals surface area contributed by atoms with Gasteiger partial charge in [0.15, 0.2) is 0 Å². The molecule has 0 amide bonds. The van der Waals surface area contributed by atoms with E-state index >= 15 is 0 Å². The van der Waals surface area contributed by atoms with E-state index in [1.807, 2.05) is 12.1 Å². The lowest BCUT2D eigenvalue weighted by Crippen LogP contribution is -2.34. The molecule has 124 valence electrons. The summed E-state index contributed by atoms with van der Waals surface area (Å²) in [5.74, 6) is 1.17. The molecule has 1 aromatic heterocycles. The molecule has 1 aliphatic carbocycles. The van der Waals surface area contributed by atoms with E-state index in [2.05, 4.69) is 27.5 Å². The Hall–Kier alpha value is -1.59. The summed E-state index contributed by atoms with van der Waals surface area (Å²) in [7, 11) is 1.66. The number of aromatic nitrogens is 3. The molecule has 1 fully saturated rings. The van der Waals surface area contributed by atoms with Crippen LogP contribution in [0.25, 0.3) is 0 Å². The number of H-pyrrole nitrogens is 1. The van der Waals surface area contributed by atoms with Crippen molar-refractivity contribution < 1.29 is 0 Å². The van der Waals surface area contributed by atoms with E-state index in [1.54, 1.807) is 7.05 Å². The van der Waals surface area contributed by atoms with Crippen LogP contribution < -0.4 is 11.0 Å². The van der Waals surface area contributed by atoms with E-state index < -0.39 is 0 Å². The van der Waals surface area contributed by atoms with Crippen molar-refractivity contribution in [2.45, 2.75) is 50.6 Å². The number of nitrogens with zero attached hydrogens (tertiary/aromatic N) is 2. The van der Waals surface area contributed by atoms with Crippen LogP contribution in [-0.2, 0) is 13.6 Å². The first-order chi connectivity index (χ1) is 11.1. The molecule has 23 heavy (non-hydrogen) atoms. The molecular formula is C17H23ClN4O. The maximum absolute atomic E-state index is 11.5. The number of benzene rings is 1. The maximum Gasteiger partial charge on any atom is 0.343 e. The van der Waals surface area contributed by atoms with Crippen LogP contribution in [0.5, 0.6) is 0 Å². The minimum Gasteiger partial charge on any atom is -0.306 e. The van der Waals surface area contributed by atoms with Gasteiger partial charge in [0.2, 0.25) is 0 Å². The number of hydrogen-bond donors (Lipinski definition) is 2. The molecule has 0 spiro atoms. The van der Waals surface area contributed by atoms with Gasteiger partial charge in [-0.3, -0.25) is 4.98 Å². The molecular weight excluding hydrogens is 312 g/mol. The molecule has 1 saturated carbocycles. The number of rotatable bonds is 4. The fourth-order valence-electron chi connectivity index (χ4n) is 3.42. The zero-order valence-electron chi connectivity index (χ0n) is 13.4. The molecule has 2 aromatic rings. The lowest BCUT2D eigenvalue weighted by atomic mass is 9.87. The van der Waals surface area contributed by atoms with Crippen molar-refractivity contribution >= 4 is 11.6 Å². The van der Waals surface area contributed by atoms with Crippen molar-refractivity contribution in [3.63, 3.8) is 0 Å². The predicted octanol–water partition coefficient (Wildman–Crippen LogP) is 2.97. The van der Waals surface area contributed by atoms with Crippen LogP contribution in [0.3, 0.4) is 0 Å². The third-order valence-corrected chi connectivity index (χ3v) is 4.91. The molecule has 5 nitrogen and oxygen atoms in total. The smallest absolute Gasteiger partial charge is 0.306 e. The Labute approximate surface area is 141 Å². The maximum atomic E-state index is 11.5. The Bertz CT molecular complexity index is 691. The second kappa shape index (κ2) is 7.32. The zero-order valence-corrected chi connectivity index (χ0v) is 14.1. The molecule has 0 bridgehead atoms. The van der Waals surface area contributed by atoms with E-state index in [4.69, 9.17) is 11.6 Å². The summed E-state index contributed by atoms with van der Waals surface area (Å²) >= 11 is 6.02. The lowest BCUT2D eigenvalue weighted by Gasteiger charge is -2.26. The largest absolute Gasteiger partial charge is 0.343 e. The summed E-state index contributed by atoms with van der Waals surface area (Å²) in [4.78, 5) is 14.2. The van der Waals surface area contributed by atoms with Crippen molar-refractivity contribution in [2.24, 2.45) is 7.05 Å². The Morgan fingerprint density at radius 1 is 1.26 bits per heavy atom. The van der Waals surface area contributed by atoms with Crippen LogP contribution in [0, 0.1) is 0 Å². The van der Waals surface area contributed by atoms with Gasteiger partial charge in [0, 0.05) is 18.1 Å². The first-order valence-corrected chi connectivity index (χ1v) is 8.62. The standard InChI is InChI=1S/C17H23ClN4O/c1-22-17(23)20-16(21-22)11-19-15-6-4-2-3-5-14(15)12-7-9-13(18)10-8-12/h7-10,14-15,19H,2-6,11H2,1H3,(H,20,21,23). The molecule has 3 rings (SSSR count). The van der Waals surface area contributed by atoms with Gasteiger partial charge in [-0.05, 0) is 36.5 Å². The highest BCUT2D eigenvalue weighted by atomic mass is 35.5. The Balaban J connectivity index is 1.73. The monoisotopic (exact) mass is 334 g/mol. The molecule has 0 aliphatic heterocycles. The van der Waals surface area contributed by atoms with Crippen molar-refractivity contribution in [1.29, 1.82) is 0 Å². The molecule has 2 unspecified atom stereocenters. The van der Waals surface area contributed by atoms with Crippen molar-refractivity contribution in [3.8, 4) is 0 Å². The average Bonchev–Trinajstić information content (AvgIpc) is 2.75. The summed E-state index contributed by atoms with van der Waals surface area (Å²) in [5, 5.41) is 8.57. The number of aryl methyl sites for hydroxylation is 1. The van der Waals surface area contributed by atoms with Gasteiger partial charge in [-0.2, -0.15) is 5.10 Å². The highest BCUT2D eigenvalue weighted by molar-refractivity contribution is 6.30. The molecule has 0 saturated heterocycles. The second-order valence-corrected chi connectivity index (χ2v) is 6.72. The third kappa shape index (κ3) is 4.03. The van der Waals surface area contributed by atoms with Gasteiger partial charge in [-0.1, -0.05) is 43.0 Å². The minimum atomic E-state index is -0.170. The molecule has 1 aromatic carbocycles. The lowest BCUT2D eigenvalue weighted by molar-refractivity contribution is 0.404. The van der Waals surface area contributed by atoms with Crippen LogP contribution in [-0.4, -0.2) is 20.8 Å². The molecule has 2 atom stereocenters. The zero-order chi connectivity index (χ0) is 16.2. The van der Waals surface area contributed by atoms with E-state index in [-0.39, 0.29) is 5.69 Å². The summed E-state index contributed by atoms with van der Waals surface area (Å²) in [5.41, 5.74) is 1.17. The van der Waals surface area contributed by atoms with Crippen molar-refractivity contribution in [2.75, 3.05) is 0 Å². The predicted molar refractivity (Wildman–Crippen MR) is 91.7 cm³/mol. The minimum absolute atomic E-state index is 0.170. The van der Waals surface area contributed by atoms with Gasteiger partial charge in [0.25, 0.3) is 0 Å². The number of hydrogen-bond acceptors (Lipinski definition) is 3. The third-order valence-electron chi connectivity index (χ3n) is 4.66. The topological polar surface area (TPSA) is 62.7 Å². The molecule has 1 aliphatic rings. The van der Waals surface area contributed by atoms with E-state index in [1.165, 1.54) is 35.9 Å². The van der Waals surface area contributed by atoms with Crippen LogP contribution in [0.15, 0.2) is 29.1 Å². The van der Waals surface area contributed by atoms with Crippen LogP contribution in [0.1, 0.15) is 49.4 Å². The van der Waals surface area contributed by atoms with Crippen LogP contribution in [0.2, 0.25) is 5.02 Å². The summed E-state index contributed by atoms with van der Waals surface area (Å²) in [6, 6.07) is 8.60. The van der Waals surface area contributed by atoms with Gasteiger partial charge in [-0.15, -0.1) is 0 Å². The normalized spacial score (nSPS) is 22.0. The fraction of sp³-hybridized carbons (Fsp3) is 0.529. The van der Waals surface area contributed by atoms with E-state index in [0.29, 0.717) is 24.3 Å². The fourth-order valence-corrected chi connectivity index (χ4v) is 3.55. The van der Waals surface area contributed by atoms with Crippen LogP contribution in [0.4, 0.5) is 0 Å².